The molecule has 94 valence electrons. The molecule has 1 N–H and O–H groups in total. The van der Waals surface area contributed by atoms with E-state index >= 15 is 0 Å². The number of hydrogen-bond donors (Lipinski definition) is 1. The SMILES string of the molecule is COCc1c(C(=O)O)nnn1Cc1ncccn1. The fourth-order valence-electron chi connectivity index (χ4n) is 1.45. The van der Waals surface area contributed by atoms with E-state index in [4.69, 9.17) is 9.84 Å². The molecule has 2 heterocycles. The molecule has 0 saturated carbocycles. The Hall–Kier alpha value is -2.35. The average molecular weight is 249 g/mol. The molecule has 0 aromatic carbocycles. The van der Waals surface area contributed by atoms with Crippen LogP contribution in [0.1, 0.15) is 22.0 Å². The van der Waals surface area contributed by atoms with Crippen LogP contribution in [0.25, 0.3) is 0 Å². The summed E-state index contributed by atoms with van der Waals surface area (Å²) < 4.78 is 6.37. The minimum Gasteiger partial charge on any atom is -0.476 e. The maximum absolute atomic E-state index is 11.0. The Morgan fingerprint density at radius 1 is 1.44 bits per heavy atom. The highest BCUT2D eigenvalue weighted by Gasteiger charge is 2.19. The number of aromatic carboxylic acids is 1. The molecule has 8 nitrogen and oxygen atoms in total. The van der Waals surface area contributed by atoms with Crippen molar-refractivity contribution in [1.82, 2.24) is 25.0 Å². The van der Waals surface area contributed by atoms with Gasteiger partial charge in [-0.2, -0.15) is 0 Å². The third-order valence-corrected chi connectivity index (χ3v) is 2.23. The summed E-state index contributed by atoms with van der Waals surface area (Å²) in [4.78, 5) is 19.0. The van der Waals surface area contributed by atoms with Gasteiger partial charge in [-0.15, -0.1) is 5.10 Å². The summed E-state index contributed by atoms with van der Waals surface area (Å²) in [7, 11) is 1.47. The number of methoxy groups -OCH3 is 1. The van der Waals surface area contributed by atoms with Crippen LogP contribution in [0.4, 0.5) is 0 Å². The molecule has 2 aromatic rings. The number of carboxylic acids is 1. The van der Waals surface area contributed by atoms with Crippen LogP contribution in [0.5, 0.6) is 0 Å². The van der Waals surface area contributed by atoms with Gasteiger partial charge in [0.15, 0.2) is 5.69 Å². The summed E-state index contributed by atoms with van der Waals surface area (Å²) in [6.07, 6.45) is 3.21. The van der Waals surface area contributed by atoms with E-state index in [0.29, 0.717) is 11.5 Å². The Labute approximate surface area is 102 Å². The summed E-state index contributed by atoms with van der Waals surface area (Å²) in [5.74, 6) is -0.612. The second-order valence-electron chi connectivity index (χ2n) is 3.45. The zero-order valence-electron chi connectivity index (χ0n) is 9.65. The van der Waals surface area contributed by atoms with Gasteiger partial charge in [-0.05, 0) is 6.07 Å². The van der Waals surface area contributed by atoms with Crippen molar-refractivity contribution in [2.24, 2.45) is 0 Å². The molecule has 0 spiro atoms. The lowest BCUT2D eigenvalue weighted by Gasteiger charge is -2.04. The van der Waals surface area contributed by atoms with E-state index in [1.54, 1.807) is 18.5 Å². The van der Waals surface area contributed by atoms with Crippen LogP contribution in [0.15, 0.2) is 18.5 Å². The molecule has 8 heteroatoms. The molecule has 0 fully saturated rings. The van der Waals surface area contributed by atoms with Crippen molar-refractivity contribution >= 4 is 5.97 Å². The van der Waals surface area contributed by atoms with E-state index in [0.717, 1.165) is 0 Å². The highest BCUT2D eigenvalue weighted by Crippen LogP contribution is 2.08. The molecular weight excluding hydrogens is 238 g/mol. The largest absolute Gasteiger partial charge is 0.476 e. The first-order valence-corrected chi connectivity index (χ1v) is 5.13. The fraction of sp³-hybridized carbons (Fsp3) is 0.300. The smallest absolute Gasteiger partial charge is 0.358 e. The molecule has 0 aliphatic carbocycles. The molecule has 2 rings (SSSR count). The second kappa shape index (κ2) is 5.32. The minimum atomic E-state index is -1.14. The number of aromatic nitrogens is 5. The van der Waals surface area contributed by atoms with Gasteiger partial charge >= 0.3 is 5.97 Å². The Bertz CT molecular complexity index is 540. The van der Waals surface area contributed by atoms with Gasteiger partial charge in [0.2, 0.25) is 0 Å². The molecule has 0 aliphatic heterocycles. The average Bonchev–Trinajstić information content (AvgIpc) is 2.74. The van der Waals surface area contributed by atoms with E-state index in [-0.39, 0.29) is 18.8 Å². The summed E-state index contributed by atoms with van der Waals surface area (Å²) in [5, 5.41) is 16.4. The third-order valence-electron chi connectivity index (χ3n) is 2.23. The molecule has 0 unspecified atom stereocenters. The van der Waals surface area contributed by atoms with E-state index < -0.39 is 5.97 Å². The molecular formula is C10H11N5O3. The molecule has 0 saturated heterocycles. The van der Waals surface area contributed by atoms with Crippen LogP contribution in [0.3, 0.4) is 0 Å². The van der Waals surface area contributed by atoms with E-state index in [9.17, 15) is 4.79 Å². The van der Waals surface area contributed by atoms with Gasteiger partial charge < -0.3 is 9.84 Å². The monoisotopic (exact) mass is 249 g/mol. The fourth-order valence-corrected chi connectivity index (χ4v) is 1.45. The van der Waals surface area contributed by atoms with E-state index in [1.807, 2.05) is 0 Å². The standard InChI is InChI=1S/C10H11N5O3/c1-18-6-7-9(10(16)17)13-14-15(7)5-8-11-3-2-4-12-8/h2-4H,5-6H2,1H3,(H,16,17). The number of carboxylic acid groups (broad SMARTS) is 1. The number of carbonyl (C=O) groups is 1. The van der Waals surface area contributed by atoms with Gasteiger partial charge in [-0.25, -0.2) is 19.4 Å². The predicted molar refractivity (Wildman–Crippen MR) is 58.8 cm³/mol. The van der Waals surface area contributed by atoms with Crippen LogP contribution in [-0.2, 0) is 17.9 Å². The van der Waals surface area contributed by atoms with Crippen LogP contribution >= 0.6 is 0 Å². The van der Waals surface area contributed by atoms with Gasteiger partial charge in [0.1, 0.15) is 12.4 Å². The van der Waals surface area contributed by atoms with Gasteiger partial charge in [0, 0.05) is 19.5 Å². The van der Waals surface area contributed by atoms with Crippen molar-refractivity contribution in [2.75, 3.05) is 7.11 Å². The molecule has 0 aliphatic rings. The molecule has 0 bridgehead atoms. The van der Waals surface area contributed by atoms with Crippen molar-refractivity contribution in [1.29, 1.82) is 0 Å². The Morgan fingerprint density at radius 3 is 2.78 bits per heavy atom. The van der Waals surface area contributed by atoms with Crippen molar-refractivity contribution < 1.29 is 14.6 Å². The first-order chi connectivity index (χ1) is 8.72. The lowest BCUT2D eigenvalue weighted by atomic mass is 10.3. The van der Waals surface area contributed by atoms with Gasteiger partial charge in [-0.1, -0.05) is 5.21 Å². The van der Waals surface area contributed by atoms with Crippen LogP contribution < -0.4 is 0 Å². The van der Waals surface area contributed by atoms with Gasteiger partial charge in [0.25, 0.3) is 0 Å². The molecule has 0 atom stereocenters. The van der Waals surface area contributed by atoms with E-state index in [1.165, 1.54) is 11.8 Å². The first-order valence-electron chi connectivity index (χ1n) is 5.13. The lowest BCUT2D eigenvalue weighted by Crippen LogP contribution is -2.11. The quantitative estimate of drug-likeness (QED) is 0.792. The van der Waals surface area contributed by atoms with Crippen molar-refractivity contribution in [3.05, 3.63) is 35.7 Å². The van der Waals surface area contributed by atoms with Crippen LogP contribution in [0.2, 0.25) is 0 Å². The summed E-state index contributed by atoms with van der Waals surface area (Å²) >= 11 is 0. The molecule has 18 heavy (non-hydrogen) atoms. The number of ether oxygens (including phenoxy) is 1. The van der Waals surface area contributed by atoms with Crippen molar-refractivity contribution in [2.45, 2.75) is 13.2 Å². The highest BCUT2D eigenvalue weighted by atomic mass is 16.5. The van der Waals surface area contributed by atoms with E-state index in [2.05, 4.69) is 20.3 Å². The van der Waals surface area contributed by atoms with Crippen molar-refractivity contribution in [3.8, 4) is 0 Å². The zero-order valence-corrected chi connectivity index (χ0v) is 9.65. The number of nitrogens with zero attached hydrogens (tertiary/aromatic N) is 5. The Kier molecular flexibility index (Phi) is 3.58. The molecule has 0 radical (unpaired) electrons. The zero-order chi connectivity index (χ0) is 13.0. The topological polar surface area (TPSA) is 103 Å². The molecule has 2 aromatic heterocycles. The second-order valence-corrected chi connectivity index (χ2v) is 3.45. The first kappa shape index (κ1) is 12.1. The number of rotatable bonds is 5. The van der Waals surface area contributed by atoms with Gasteiger partial charge in [-0.3, -0.25) is 0 Å². The molecule has 0 amide bonds. The maximum Gasteiger partial charge on any atom is 0.358 e. The minimum absolute atomic E-state index is 0.113. The highest BCUT2D eigenvalue weighted by molar-refractivity contribution is 5.86. The summed E-state index contributed by atoms with van der Waals surface area (Å²) in [5.41, 5.74) is 0.269. The third kappa shape index (κ3) is 2.48. The lowest BCUT2D eigenvalue weighted by molar-refractivity contribution is 0.0684. The van der Waals surface area contributed by atoms with Crippen LogP contribution in [0, 0.1) is 0 Å². The Morgan fingerprint density at radius 2 is 2.17 bits per heavy atom. The van der Waals surface area contributed by atoms with Crippen molar-refractivity contribution in [3.63, 3.8) is 0 Å². The summed E-state index contributed by atoms with van der Waals surface area (Å²) in [6, 6.07) is 1.70. The van der Waals surface area contributed by atoms with Crippen LogP contribution in [-0.4, -0.2) is 43.1 Å². The maximum atomic E-state index is 11.0. The van der Waals surface area contributed by atoms with Gasteiger partial charge in [0.05, 0.1) is 12.3 Å². The normalized spacial score (nSPS) is 10.5. The predicted octanol–water partition coefficient (Wildman–Crippen LogP) is -0.0390. The Balaban J connectivity index is 2.30. The summed E-state index contributed by atoms with van der Waals surface area (Å²) in [6.45, 7) is 0.362. The number of hydrogen-bond acceptors (Lipinski definition) is 6.